The number of aryl methyl sites for hydroxylation is 2. The van der Waals surface area contributed by atoms with E-state index >= 15 is 0 Å². The first kappa shape index (κ1) is 22.3. The van der Waals surface area contributed by atoms with Crippen molar-refractivity contribution in [3.8, 4) is 17.3 Å². The van der Waals surface area contributed by atoms with Gasteiger partial charge in [-0.2, -0.15) is 0 Å². The highest BCUT2D eigenvalue weighted by Gasteiger charge is 2.19. The molecule has 5 rings (SSSR count). The molecule has 0 saturated heterocycles. The second kappa shape index (κ2) is 9.05. The van der Waals surface area contributed by atoms with E-state index in [2.05, 4.69) is 38.6 Å². The molecule has 4 aromatic heterocycles. The Hall–Kier alpha value is -4.47. The minimum atomic E-state index is 0.116. The van der Waals surface area contributed by atoms with E-state index in [1.54, 1.807) is 31.3 Å². The maximum Gasteiger partial charge on any atom is 0.192 e. The molecule has 0 fully saturated rings. The lowest BCUT2D eigenvalue weighted by molar-refractivity contribution is 0.126. The number of fused-ring (bicyclic) bond motifs is 3. The minimum Gasteiger partial charge on any atom is -0.493 e. The standard InChI is InChI=1S/C25H25N7O3/c1-15-7-6-8-22(28-15)32-17(3)16(2)23-24(32)26-14-31-25(23)29-21(30-31)13-35-27-12-18-9-10-19(33-4)20(11-18)34-5/h6-12,14H,13H2,1-5H3/b27-12+. The lowest BCUT2D eigenvalue weighted by atomic mass is 10.2. The second-order valence-corrected chi connectivity index (χ2v) is 8.04. The summed E-state index contributed by atoms with van der Waals surface area (Å²) in [5, 5.41) is 9.48. The minimum absolute atomic E-state index is 0.116. The molecule has 35 heavy (non-hydrogen) atoms. The van der Waals surface area contributed by atoms with Gasteiger partial charge in [0.2, 0.25) is 0 Å². The predicted molar refractivity (Wildman–Crippen MR) is 132 cm³/mol. The van der Waals surface area contributed by atoms with Gasteiger partial charge >= 0.3 is 0 Å². The maximum absolute atomic E-state index is 5.46. The van der Waals surface area contributed by atoms with Crippen molar-refractivity contribution in [2.75, 3.05) is 14.2 Å². The van der Waals surface area contributed by atoms with Gasteiger partial charge in [-0.25, -0.2) is 19.5 Å². The molecule has 10 heteroatoms. The van der Waals surface area contributed by atoms with Crippen molar-refractivity contribution >= 4 is 22.9 Å². The van der Waals surface area contributed by atoms with Crippen molar-refractivity contribution in [2.24, 2.45) is 5.16 Å². The van der Waals surface area contributed by atoms with Gasteiger partial charge in [-0.05, 0) is 56.7 Å². The van der Waals surface area contributed by atoms with Crippen molar-refractivity contribution in [1.29, 1.82) is 0 Å². The molecule has 0 aliphatic carbocycles. The van der Waals surface area contributed by atoms with Crippen LogP contribution in [0.3, 0.4) is 0 Å². The number of pyridine rings is 1. The lowest BCUT2D eigenvalue weighted by Crippen LogP contribution is -2.02. The van der Waals surface area contributed by atoms with E-state index in [0.717, 1.165) is 39.4 Å². The van der Waals surface area contributed by atoms with Crippen molar-refractivity contribution in [3.05, 3.63) is 71.1 Å². The quantitative estimate of drug-likeness (QED) is 0.262. The Morgan fingerprint density at radius 1 is 0.971 bits per heavy atom. The van der Waals surface area contributed by atoms with Gasteiger partial charge in [-0.1, -0.05) is 11.2 Å². The zero-order chi connectivity index (χ0) is 24.5. The fourth-order valence-electron chi connectivity index (χ4n) is 4.03. The third-order valence-corrected chi connectivity index (χ3v) is 5.86. The monoisotopic (exact) mass is 471 g/mol. The Bertz CT molecular complexity index is 1570. The molecule has 0 bridgehead atoms. The molecule has 0 amide bonds. The van der Waals surface area contributed by atoms with Crippen LogP contribution in [-0.2, 0) is 11.4 Å². The van der Waals surface area contributed by atoms with Gasteiger partial charge in [0.15, 0.2) is 35.2 Å². The molecular formula is C25H25N7O3. The molecule has 5 aromatic rings. The fraction of sp³-hybridized carbons (Fsp3) is 0.240. The van der Waals surface area contributed by atoms with E-state index in [9.17, 15) is 0 Å². The van der Waals surface area contributed by atoms with Gasteiger partial charge in [-0.3, -0.25) is 4.57 Å². The third-order valence-electron chi connectivity index (χ3n) is 5.86. The van der Waals surface area contributed by atoms with Crippen LogP contribution in [0.1, 0.15) is 28.3 Å². The second-order valence-electron chi connectivity index (χ2n) is 8.04. The Morgan fingerprint density at radius 3 is 2.57 bits per heavy atom. The van der Waals surface area contributed by atoms with E-state index in [4.69, 9.17) is 19.3 Å². The molecule has 0 N–H and O–H groups in total. The molecule has 0 spiro atoms. The van der Waals surface area contributed by atoms with Crippen LogP contribution in [0.4, 0.5) is 0 Å². The average Bonchev–Trinajstić information content (AvgIpc) is 3.39. The summed E-state index contributed by atoms with van der Waals surface area (Å²) in [7, 11) is 3.18. The van der Waals surface area contributed by atoms with Gasteiger partial charge < -0.3 is 14.3 Å². The summed E-state index contributed by atoms with van der Waals surface area (Å²) in [6.07, 6.45) is 3.26. The van der Waals surface area contributed by atoms with Crippen LogP contribution >= 0.6 is 0 Å². The summed E-state index contributed by atoms with van der Waals surface area (Å²) in [5.41, 5.74) is 5.39. The molecule has 0 aliphatic rings. The molecule has 0 unspecified atom stereocenters. The zero-order valence-corrected chi connectivity index (χ0v) is 20.2. The van der Waals surface area contributed by atoms with Crippen LogP contribution in [0.5, 0.6) is 11.5 Å². The number of aromatic nitrogens is 6. The van der Waals surface area contributed by atoms with Gasteiger partial charge in [0.1, 0.15) is 12.1 Å². The number of methoxy groups -OCH3 is 2. The number of benzene rings is 1. The van der Waals surface area contributed by atoms with Crippen LogP contribution in [0, 0.1) is 20.8 Å². The molecule has 4 heterocycles. The highest BCUT2D eigenvalue weighted by Crippen LogP contribution is 2.29. The summed E-state index contributed by atoms with van der Waals surface area (Å²) in [6, 6.07) is 11.4. The Labute approximate surface area is 201 Å². The molecule has 10 nitrogen and oxygen atoms in total. The van der Waals surface area contributed by atoms with Crippen LogP contribution in [0.2, 0.25) is 0 Å². The van der Waals surface area contributed by atoms with E-state index in [0.29, 0.717) is 23.0 Å². The van der Waals surface area contributed by atoms with Gasteiger partial charge in [0, 0.05) is 17.0 Å². The number of ether oxygens (including phenoxy) is 2. The third kappa shape index (κ3) is 4.03. The highest BCUT2D eigenvalue weighted by molar-refractivity contribution is 5.94. The van der Waals surface area contributed by atoms with Crippen molar-refractivity contribution in [2.45, 2.75) is 27.4 Å². The van der Waals surface area contributed by atoms with E-state index in [-0.39, 0.29) is 6.61 Å². The van der Waals surface area contributed by atoms with Crippen LogP contribution < -0.4 is 9.47 Å². The van der Waals surface area contributed by atoms with Gasteiger partial charge in [0.25, 0.3) is 0 Å². The van der Waals surface area contributed by atoms with Gasteiger partial charge in [-0.15, -0.1) is 5.10 Å². The topological polar surface area (TPSA) is 101 Å². The first-order valence-electron chi connectivity index (χ1n) is 11.0. The Morgan fingerprint density at radius 2 is 1.80 bits per heavy atom. The molecule has 0 radical (unpaired) electrons. The van der Waals surface area contributed by atoms with E-state index in [1.165, 1.54) is 0 Å². The molecule has 0 aliphatic heterocycles. The number of rotatable bonds is 7. The van der Waals surface area contributed by atoms with Crippen LogP contribution in [0.25, 0.3) is 22.5 Å². The summed E-state index contributed by atoms with van der Waals surface area (Å²) in [5.74, 6) is 2.60. The molecule has 0 atom stereocenters. The van der Waals surface area contributed by atoms with Gasteiger partial charge in [0.05, 0.1) is 25.8 Å². The predicted octanol–water partition coefficient (Wildman–Crippen LogP) is 3.96. The number of hydrogen-bond donors (Lipinski definition) is 0. The zero-order valence-electron chi connectivity index (χ0n) is 20.2. The molecule has 178 valence electrons. The summed E-state index contributed by atoms with van der Waals surface area (Å²) in [4.78, 5) is 19.5. The molecule has 1 aromatic carbocycles. The average molecular weight is 472 g/mol. The van der Waals surface area contributed by atoms with Crippen molar-refractivity contribution in [1.82, 2.24) is 29.1 Å². The SMILES string of the molecule is COc1ccc(/C=N/OCc2nc3c4c(C)c(C)n(-c5cccc(C)n5)c4ncn3n2)cc1OC. The molecular weight excluding hydrogens is 446 g/mol. The first-order valence-corrected chi connectivity index (χ1v) is 11.0. The smallest absolute Gasteiger partial charge is 0.192 e. The highest BCUT2D eigenvalue weighted by atomic mass is 16.6. The number of hydrogen-bond acceptors (Lipinski definition) is 8. The summed E-state index contributed by atoms with van der Waals surface area (Å²) in [6.45, 7) is 6.21. The van der Waals surface area contributed by atoms with Crippen LogP contribution in [0.15, 0.2) is 47.9 Å². The normalized spacial score (nSPS) is 11.6. The summed E-state index contributed by atoms with van der Waals surface area (Å²) >= 11 is 0. The molecule has 0 saturated carbocycles. The fourth-order valence-corrected chi connectivity index (χ4v) is 4.03. The van der Waals surface area contributed by atoms with E-state index in [1.807, 2.05) is 43.3 Å². The largest absolute Gasteiger partial charge is 0.493 e. The number of oxime groups is 1. The van der Waals surface area contributed by atoms with E-state index < -0.39 is 0 Å². The van der Waals surface area contributed by atoms with Crippen LogP contribution in [-0.4, -0.2) is 49.6 Å². The van der Waals surface area contributed by atoms with Crippen molar-refractivity contribution < 1.29 is 14.3 Å². The Kier molecular flexibility index (Phi) is 5.77. The van der Waals surface area contributed by atoms with Crippen molar-refractivity contribution in [3.63, 3.8) is 0 Å². The lowest BCUT2D eigenvalue weighted by Gasteiger charge is -2.07. The Balaban J connectivity index is 1.42. The maximum atomic E-state index is 5.46. The number of nitrogens with zero attached hydrogens (tertiary/aromatic N) is 7. The summed E-state index contributed by atoms with van der Waals surface area (Å²) < 4.78 is 14.3. The first-order chi connectivity index (χ1) is 17.0.